The van der Waals surface area contributed by atoms with E-state index in [0.29, 0.717) is 5.92 Å². The molecule has 1 saturated carbocycles. The first-order valence-electron chi connectivity index (χ1n) is 6.59. The van der Waals surface area contributed by atoms with E-state index in [1.165, 1.54) is 5.56 Å². The molecule has 0 saturated heterocycles. The molecule has 98 valence electrons. The van der Waals surface area contributed by atoms with Crippen LogP contribution in [0.15, 0.2) is 35.5 Å². The monoisotopic (exact) mass is 246 g/mol. The molecule has 1 aromatic carbocycles. The second-order valence-corrected chi connectivity index (χ2v) is 5.39. The molecular formula is C15H22N2O. The van der Waals surface area contributed by atoms with E-state index in [0.717, 1.165) is 25.7 Å². The highest BCUT2D eigenvalue weighted by molar-refractivity contribution is 5.60. The quantitative estimate of drug-likeness (QED) is 0.505. The number of hydrogen-bond acceptors (Lipinski definition) is 3. The maximum Gasteiger partial charge on any atom is 0.0466 e. The molecule has 1 aromatic rings. The molecule has 0 aliphatic heterocycles. The minimum absolute atomic E-state index is 0.140. The van der Waals surface area contributed by atoms with Crippen molar-refractivity contribution < 1.29 is 5.21 Å². The van der Waals surface area contributed by atoms with Crippen LogP contribution >= 0.6 is 0 Å². The summed E-state index contributed by atoms with van der Waals surface area (Å²) >= 11 is 0. The second kappa shape index (κ2) is 5.53. The van der Waals surface area contributed by atoms with Crippen molar-refractivity contribution in [1.82, 2.24) is 4.90 Å². The van der Waals surface area contributed by atoms with Crippen molar-refractivity contribution in [3.63, 3.8) is 0 Å². The summed E-state index contributed by atoms with van der Waals surface area (Å²) in [7, 11) is 4.32. The van der Waals surface area contributed by atoms with Crippen LogP contribution in [0.3, 0.4) is 0 Å². The number of nitrogens with zero attached hydrogens (tertiary/aromatic N) is 2. The summed E-state index contributed by atoms with van der Waals surface area (Å²) in [4.78, 5) is 2.34. The maximum atomic E-state index is 8.63. The minimum atomic E-state index is 0.140. The summed E-state index contributed by atoms with van der Waals surface area (Å²) in [5.74, 6) is 0.423. The zero-order valence-electron chi connectivity index (χ0n) is 11.2. The number of benzene rings is 1. The first-order chi connectivity index (χ1) is 8.69. The van der Waals surface area contributed by atoms with E-state index in [4.69, 9.17) is 5.21 Å². The van der Waals surface area contributed by atoms with Crippen molar-refractivity contribution in [1.29, 1.82) is 0 Å². The Kier molecular flexibility index (Phi) is 4.02. The van der Waals surface area contributed by atoms with Gasteiger partial charge in [-0.1, -0.05) is 30.3 Å². The zero-order chi connectivity index (χ0) is 13.0. The normalized spacial score (nSPS) is 28.9. The zero-order valence-corrected chi connectivity index (χ0v) is 11.2. The van der Waals surface area contributed by atoms with E-state index >= 15 is 0 Å². The van der Waals surface area contributed by atoms with Crippen LogP contribution in [0.4, 0.5) is 0 Å². The van der Waals surface area contributed by atoms with Crippen LogP contribution < -0.4 is 0 Å². The molecule has 1 fully saturated rings. The van der Waals surface area contributed by atoms with Crippen LogP contribution in [0.2, 0.25) is 0 Å². The molecule has 0 spiro atoms. The number of oxime groups is 1. The number of rotatable bonds is 3. The van der Waals surface area contributed by atoms with Gasteiger partial charge in [0.15, 0.2) is 0 Å². The van der Waals surface area contributed by atoms with Crippen LogP contribution in [0.5, 0.6) is 0 Å². The molecule has 0 radical (unpaired) electrons. The van der Waals surface area contributed by atoms with Gasteiger partial charge in [-0.15, -0.1) is 5.16 Å². The smallest absolute Gasteiger partial charge is 0.0466 e. The van der Waals surface area contributed by atoms with Gasteiger partial charge >= 0.3 is 0 Å². The lowest BCUT2D eigenvalue weighted by molar-refractivity contribution is 0.0894. The van der Waals surface area contributed by atoms with Crippen molar-refractivity contribution in [2.24, 2.45) is 11.1 Å². The van der Waals surface area contributed by atoms with E-state index in [-0.39, 0.29) is 5.54 Å². The van der Waals surface area contributed by atoms with Crippen molar-refractivity contribution in [2.45, 2.75) is 31.2 Å². The van der Waals surface area contributed by atoms with E-state index in [9.17, 15) is 0 Å². The molecule has 1 aliphatic carbocycles. The summed E-state index contributed by atoms with van der Waals surface area (Å²) < 4.78 is 0. The summed E-state index contributed by atoms with van der Waals surface area (Å²) in [5.41, 5.74) is 1.54. The molecule has 0 unspecified atom stereocenters. The van der Waals surface area contributed by atoms with Crippen LogP contribution in [0, 0.1) is 5.92 Å². The molecule has 3 nitrogen and oxygen atoms in total. The predicted molar refractivity (Wildman–Crippen MR) is 74.0 cm³/mol. The van der Waals surface area contributed by atoms with Gasteiger partial charge in [-0.2, -0.15) is 0 Å². The van der Waals surface area contributed by atoms with Crippen LogP contribution in [-0.2, 0) is 5.54 Å². The van der Waals surface area contributed by atoms with Crippen LogP contribution in [0.25, 0.3) is 0 Å². The standard InChI is InChI=1S/C15H22N2O/c1-17(2)15(14-6-4-3-5-7-14)10-8-13(9-11-15)12-16-18/h3-7,12-13,18H,8-11H2,1-2H3. The minimum Gasteiger partial charge on any atom is -0.411 e. The number of hydrogen-bond donors (Lipinski definition) is 1. The van der Waals surface area contributed by atoms with E-state index in [1.807, 2.05) is 0 Å². The average molecular weight is 246 g/mol. The van der Waals surface area contributed by atoms with Gasteiger partial charge in [0.2, 0.25) is 0 Å². The molecule has 0 heterocycles. The SMILES string of the molecule is CN(C)C1(c2ccccc2)CCC(C=NO)CC1. The summed E-state index contributed by atoms with van der Waals surface area (Å²) in [6.07, 6.45) is 6.07. The Morgan fingerprint density at radius 2 is 1.83 bits per heavy atom. The highest BCUT2D eigenvalue weighted by Crippen LogP contribution is 2.42. The molecule has 2 rings (SSSR count). The van der Waals surface area contributed by atoms with Crippen molar-refractivity contribution in [3.05, 3.63) is 35.9 Å². The molecule has 1 aliphatic rings. The Hall–Kier alpha value is -1.35. The fourth-order valence-electron chi connectivity index (χ4n) is 3.10. The second-order valence-electron chi connectivity index (χ2n) is 5.39. The third kappa shape index (κ3) is 2.41. The summed E-state index contributed by atoms with van der Waals surface area (Å²) in [5, 5.41) is 11.8. The Bertz CT molecular complexity index is 392. The van der Waals surface area contributed by atoms with E-state index in [2.05, 4.69) is 54.5 Å². The van der Waals surface area contributed by atoms with Crippen molar-refractivity contribution >= 4 is 6.21 Å². The highest BCUT2D eigenvalue weighted by Gasteiger charge is 2.38. The molecule has 1 N–H and O–H groups in total. The summed E-state index contributed by atoms with van der Waals surface area (Å²) in [6, 6.07) is 10.7. The molecule has 3 heteroatoms. The molecule has 0 atom stereocenters. The molecule has 18 heavy (non-hydrogen) atoms. The van der Waals surface area contributed by atoms with Gasteiger partial charge in [-0.25, -0.2) is 0 Å². The maximum absolute atomic E-state index is 8.63. The Morgan fingerprint density at radius 1 is 1.22 bits per heavy atom. The molecule has 0 amide bonds. The highest BCUT2D eigenvalue weighted by atomic mass is 16.4. The van der Waals surface area contributed by atoms with Gasteiger partial charge in [0, 0.05) is 11.8 Å². The third-order valence-electron chi connectivity index (χ3n) is 4.30. The molecule has 0 aromatic heterocycles. The van der Waals surface area contributed by atoms with Gasteiger partial charge in [0.25, 0.3) is 0 Å². The fraction of sp³-hybridized carbons (Fsp3) is 0.533. The average Bonchev–Trinajstić information content (AvgIpc) is 2.41. The van der Waals surface area contributed by atoms with Gasteiger partial charge < -0.3 is 5.21 Å². The van der Waals surface area contributed by atoms with Gasteiger partial charge in [-0.3, -0.25) is 4.90 Å². The van der Waals surface area contributed by atoms with Crippen LogP contribution in [0.1, 0.15) is 31.2 Å². The first kappa shape index (κ1) is 13.1. The first-order valence-corrected chi connectivity index (χ1v) is 6.59. The Balaban J connectivity index is 2.21. The van der Waals surface area contributed by atoms with Crippen molar-refractivity contribution in [2.75, 3.05) is 14.1 Å². The summed E-state index contributed by atoms with van der Waals surface area (Å²) in [6.45, 7) is 0. The van der Waals surface area contributed by atoms with E-state index in [1.54, 1.807) is 6.21 Å². The van der Waals surface area contributed by atoms with Crippen LogP contribution in [-0.4, -0.2) is 30.4 Å². The molecular weight excluding hydrogens is 224 g/mol. The molecule has 0 bridgehead atoms. The fourth-order valence-corrected chi connectivity index (χ4v) is 3.10. The lowest BCUT2D eigenvalue weighted by Gasteiger charge is -2.45. The van der Waals surface area contributed by atoms with Gasteiger partial charge in [-0.05, 0) is 51.3 Å². The topological polar surface area (TPSA) is 35.8 Å². The van der Waals surface area contributed by atoms with Crippen molar-refractivity contribution in [3.8, 4) is 0 Å². The largest absolute Gasteiger partial charge is 0.411 e. The van der Waals surface area contributed by atoms with Gasteiger partial charge in [0.05, 0.1) is 0 Å². The Morgan fingerprint density at radius 3 is 2.33 bits per heavy atom. The predicted octanol–water partition coefficient (Wildman–Crippen LogP) is 3.09. The lowest BCUT2D eigenvalue weighted by atomic mass is 9.72. The van der Waals surface area contributed by atoms with Gasteiger partial charge in [0.1, 0.15) is 0 Å². The third-order valence-corrected chi connectivity index (χ3v) is 4.30. The lowest BCUT2D eigenvalue weighted by Crippen LogP contribution is -2.44. The van der Waals surface area contributed by atoms with E-state index < -0.39 is 0 Å². The Labute approximate surface area is 109 Å².